The molecule has 1 saturated carbocycles. The van der Waals surface area contributed by atoms with Gasteiger partial charge in [-0.15, -0.1) is 0 Å². The first-order chi connectivity index (χ1) is 9.54. The van der Waals surface area contributed by atoms with Gasteiger partial charge < -0.3 is 10.4 Å². The van der Waals surface area contributed by atoms with Crippen LogP contribution in [0.1, 0.15) is 25.0 Å². The fourth-order valence-corrected chi connectivity index (χ4v) is 4.33. The molecule has 1 aliphatic carbocycles. The van der Waals surface area contributed by atoms with Gasteiger partial charge in [-0.25, -0.2) is 9.97 Å². The Morgan fingerprint density at radius 1 is 1.45 bits per heavy atom. The molecule has 2 atom stereocenters. The second-order valence-electron chi connectivity index (χ2n) is 5.30. The van der Waals surface area contributed by atoms with Crippen LogP contribution in [-0.2, 0) is 28.0 Å². The first kappa shape index (κ1) is 14.1. The molecule has 2 heterocycles. The van der Waals surface area contributed by atoms with Crippen molar-refractivity contribution in [3.8, 4) is 0 Å². The smallest absolute Gasteiger partial charge is 0.220 e. The Labute approximate surface area is 122 Å². The molecule has 1 fully saturated rings. The molecule has 0 radical (unpaired) electrons. The molecule has 2 N–H and O–H groups in total. The minimum atomic E-state index is -1.28. The summed E-state index contributed by atoms with van der Waals surface area (Å²) in [5, 5.41) is 13.0. The number of anilines is 1. The number of aliphatic hydroxyl groups is 1. The van der Waals surface area contributed by atoms with Gasteiger partial charge in [-0.05, 0) is 19.3 Å². The van der Waals surface area contributed by atoms with E-state index < -0.39 is 21.6 Å². The van der Waals surface area contributed by atoms with E-state index >= 15 is 0 Å². The summed E-state index contributed by atoms with van der Waals surface area (Å²) in [5.74, 6) is 1.02. The lowest BCUT2D eigenvalue weighted by atomic mass is 9.77. The molecular weight excluding hydrogens is 298 g/mol. The average Bonchev–Trinajstić information content (AvgIpc) is 2.75. The van der Waals surface area contributed by atoms with E-state index in [1.54, 1.807) is 0 Å². The SMILES string of the molecule is CS(=O)c1nc2c(c(NC3(CO)CCC3)n1)S(=O)CC2. The molecule has 1 aromatic heterocycles. The summed E-state index contributed by atoms with van der Waals surface area (Å²) < 4.78 is 23.7. The molecule has 6 nitrogen and oxygen atoms in total. The Hall–Kier alpha value is -0.860. The molecule has 0 bridgehead atoms. The molecule has 0 aromatic carbocycles. The normalized spacial score (nSPS) is 24.8. The van der Waals surface area contributed by atoms with Crippen molar-refractivity contribution in [2.45, 2.75) is 41.3 Å². The molecule has 1 aliphatic heterocycles. The minimum absolute atomic E-state index is 0.0168. The third-order valence-corrected chi connectivity index (χ3v) is 6.08. The Bertz CT molecular complexity index is 596. The highest BCUT2D eigenvalue weighted by atomic mass is 32.2. The number of aliphatic hydroxyl groups excluding tert-OH is 1. The molecule has 8 heteroatoms. The molecular formula is C12H17N3O3S2. The fraction of sp³-hybridized carbons (Fsp3) is 0.667. The molecule has 0 saturated heterocycles. The zero-order valence-electron chi connectivity index (χ0n) is 11.2. The second-order valence-corrected chi connectivity index (χ2v) is 8.08. The molecule has 2 unspecified atom stereocenters. The first-order valence-corrected chi connectivity index (χ1v) is 9.44. The number of nitrogens with one attached hydrogen (secondary N) is 1. The van der Waals surface area contributed by atoms with E-state index in [9.17, 15) is 13.5 Å². The number of fused-ring (bicyclic) bond motifs is 1. The predicted octanol–water partition coefficient (Wildman–Crippen LogP) is 0.205. The number of nitrogens with zero attached hydrogens (tertiary/aromatic N) is 2. The lowest BCUT2D eigenvalue weighted by Crippen LogP contribution is -2.48. The summed E-state index contributed by atoms with van der Waals surface area (Å²) in [6, 6.07) is 0. The quantitative estimate of drug-likeness (QED) is 0.772. The summed E-state index contributed by atoms with van der Waals surface area (Å²) in [7, 11) is -2.39. The maximum atomic E-state index is 12.1. The summed E-state index contributed by atoms with van der Waals surface area (Å²) >= 11 is 0. The lowest BCUT2D eigenvalue weighted by molar-refractivity contribution is 0.143. The molecule has 1 aromatic rings. The summed E-state index contributed by atoms with van der Waals surface area (Å²) in [5.41, 5.74) is 0.347. The van der Waals surface area contributed by atoms with Gasteiger partial charge >= 0.3 is 0 Å². The van der Waals surface area contributed by atoms with E-state index in [0.29, 0.717) is 22.9 Å². The van der Waals surface area contributed by atoms with Crippen LogP contribution in [0.5, 0.6) is 0 Å². The maximum Gasteiger partial charge on any atom is 0.220 e. The third kappa shape index (κ3) is 2.29. The van der Waals surface area contributed by atoms with Gasteiger partial charge in [0.25, 0.3) is 0 Å². The number of aryl methyl sites for hydroxylation is 1. The molecule has 110 valence electrons. The van der Waals surface area contributed by atoms with Gasteiger partial charge in [-0.1, -0.05) is 0 Å². The first-order valence-electron chi connectivity index (χ1n) is 6.56. The van der Waals surface area contributed by atoms with Crippen molar-refractivity contribution in [1.82, 2.24) is 9.97 Å². The van der Waals surface area contributed by atoms with E-state index in [1.165, 1.54) is 6.26 Å². The standard InChI is InChI=1S/C12H17N3O3S2/c1-19(17)11-13-8-3-6-20(18)9(8)10(14-11)15-12(7-16)4-2-5-12/h16H,2-7H2,1H3,(H,13,14,15). The van der Waals surface area contributed by atoms with Crippen LogP contribution in [0.3, 0.4) is 0 Å². The van der Waals surface area contributed by atoms with Crippen LogP contribution in [0.4, 0.5) is 5.82 Å². The van der Waals surface area contributed by atoms with E-state index in [2.05, 4.69) is 15.3 Å². The summed E-state index contributed by atoms with van der Waals surface area (Å²) in [6.45, 7) is 0.0168. The predicted molar refractivity (Wildman–Crippen MR) is 76.6 cm³/mol. The van der Waals surface area contributed by atoms with Crippen molar-refractivity contribution in [2.75, 3.05) is 23.9 Å². The number of rotatable bonds is 4. The molecule has 3 rings (SSSR count). The molecule has 0 amide bonds. The highest BCUT2D eigenvalue weighted by molar-refractivity contribution is 7.85. The Kier molecular flexibility index (Phi) is 3.64. The third-order valence-electron chi connectivity index (χ3n) is 3.92. The second kappa shape index (κ2) is 5.16. The van der Waals surface area contributed by atoms with Crippen LogP contribution >= 0.6 is 0 Å². The Morgan fingerprint density at radius 2 is 2.20 bits per heavy atom. The van der Waals surface area contributed by atoms with Gasteiger partial charge in [0.2, 0.25) is 5.16 Å². The minimum Gasteiger partial charge on any atom is -0.394 e. The van der Waals surface area contributed by atoms with Gasteiger partial charge in [0, 0.05) is 18.4 Å². The topological polar surface area (TPSA) is 92.2 Å². The Morgan fingerprint density at radius 3 is 2.75 bits per heavy atom. The van der Waals surface area contributed by atoms with Crippen LogP contribution < -0.4 is 5.32 Å². The number of hydrogen-bond donors (Lipinski definition) is 2. The van der Waals surface area contributed by atoms with Crippen molar-refractivity contribution in [2.24, 2.45) is 0 Å². The van der Waals surface area contributed by atoms with Crippen LogP contribution in [0.15, 0.2) is 10.1 Å². The highest BCUT2D eigenvalue weighted by Crippen LogP contribution is 2.37. The van der Waals surface area contributed by atoms with Gasteiger partial charge in [0.15, 0.2) is 0 Å². The van der Waals surface area contributed by atoms with Crippen LogP contribution in [0.2, 0.25) is 0 Å². The fourth-order valence-electron chi connectivity index (χ4n) is 2.57. The van der Waals surface area contributed by atoms with Gasteiger partial charge in [-0.2, -0.15) is 0 Å². The summed E-state index contributed by atoms with van der Waals surface area (Å²) in [4.78, 5) is 9.16. The number of aromatic nitrogens is 2. The molecule has 2 aliphatic rings. The van der Waals surface area contributed by atoms with Crippen molar-refractivity contribution < 1.29 is 13.5 Å². The van der Waals surface area contributed by atoms with Crippen molar-refractivity contribution in [3.63, 3.8) is 0 Å². The zero-order chi connectivity index (χ0) is 14.3. The van der Waals surface area contributed by atoms with Gasteiger partial charge in [-0.3, -0.25) is 8.42 Å². The zero-order valence-corrected chi connectivity index (χ0v) is 12.9. The van der Waals surface area contributed by atoms with Gasteiger partial charge in [0.05, 0.1) is 39.4 Å². The van der Waals surface area contributed by atoms with E-state index in [4.69, 9.17) is 0 Å². The monoisotopic (exact) mass is 315 g/mol. The molecule has 20 heavy (non-hydrogen) atoms. The van der Waals surface area contributed by atoms with Crippen LogP contribution in [0, 0.1) is 0 Å². The Balaban J connectivity index is 2.04. The van der Waals surface area contributed by atoms with E-state index in [0.717, 1.165) is 25.0 Å². The maximum absolute atomic E-state index is 12.1. The van der Waals surface area contributed by atoms with Gasteiger partial charge in [0.1, 0.15) is 10.7 Å². The van der Waals surface area contributed by atoms with Crippen molar-refractivity contribution in [3.05, 3.63) is 5.69 Å². The summed E-state index contributed by atoms with van der Waals surface area (Å²) in [6.07, 6.45) is 4.92. The van der Waals surface area contributed by atoms with Crippen LogP contribution in [0.25, 0.3) is 0 Å². The number of hydrogen-bond acceptors (Lipinski definition) is 6. The van der Waals surface area contributed by atoms with Crippen molar-refractivity contribution in [1.29, 1.82) is 0 Å². The van der Waals surface area contributed by atoms with E-state index in [-0.39, 0.29) is 17.3 Å². The highest BCUT2D eigenvalue weighted by Gasteiger charge is 2.38. The average molecular weight is 315 g/mol. The van der Waals surface area contributed by atoms with E-state index in [1.807, 2.05) is 0 Å². The largest absolute Gasteiger partial charge is 0.394 e. The van der Waals surface area contributed by atoms with Crippen LogP contribution in [-0.4, -0.2) is 47.6 Å². The van der Waals surface area contributed by atoms with Crippen molar-refractivity contribution >= 4 is 27.4 Å². The molecule has 0 spiro atoms. The lowest BCUT2D eigenvalue weighted by Gasteiger charge is -2.41.